The van der Waals surface area contributed by atoms with Crippen LogP contribution in [0, 0.1) is 0 Å². The van der Waals surface area contributed by atoms with Gasteiger partial charge in [0.2, 0.25) is 17.7 Å². The minimum Gasteiger partial charge on any atom is -0.480 e. The standard InChI is InChI=1S/C13H24N4O7/c1-5(10(20)16-6(2)13(23)24)15-11(21)8(4-18)17-12(22)9(14)7(3)19/h5-9,18-19H,4,14H2,1-3H3,(H,15,21)(H,16,20)(H,17,22)(H,23,24). The van der Waals surface area contributed by atoms with E-state index < -0.39 is 60.6 Å². The molecule has 3 amide bonds. The lowest BCUT2D eigenvalue weighted by Crippen LogP contribution is -2.58. The molecule has 0 heterocycles. The highest BCUT2D eigenvalue weighted by molar-refractivity contribution is 5.93. The first-order valence-corrected chi connectivity index (χ1v) is 7.19. The lowest BCUT2D eigenvalue weighted by Gasteiger charge is -2.22. The molecule has 0 aromatic carbocycles. The summed E-state index contributed by atoms with van der Waals surface area (Å²) in [4.78, 5) is 46.0. The number of carboxylic acids is 1. The molecule has 0 bridgehead atoms. The van der Waals surface area contributed by atoms with Gasteiger partial charge in [-0.15, -0.1) is 0 Å². The predicted molar refractivity (Wildman–Crippen MR) is 81.5 cm³/mol. The van der Waals surface area contributed by atoms with Gasteiger partial charge in [-0.3, -0.25) is 19.2 Å². The number of aliphatic hydroxyl groups excluding tert-OH is 2. The van der Waals surface area contributed by atoms with Crippen LogP contribution in [-0.4, -0.2) is 75.9 Å². The molecule has 0 aromatic heterocycles. The zero-order valence-electron chi connectivity index (χ0n) is 13.6. The van der Waals surface area contributed by atoms with Crippen molar-refractivity contribution in [2.24, 2.45) is 5.73 Å². The molecule has 0 aliphatic carbocycles. The van der Waals surface area contributed by atoms with Crippen LogP contribution in [0.15, 0.2) is 0 Å². The van der Waals surface area contributed by atoms with Crippen LogP contribution >= 0.6 is 0 Å². The predicted octanol–water partition coefficient (Wildman–Crippen LogP) is -3.73. The van der Waals surface area contributed by atoms with Crippen LogP contribution < -0.4 is 21.7 Å². The molecule has 138 valence electrons. The topological polar surface area (TPSA) is 191 Å². The largest absolute Gasteiger partial charge is 0.480 e. The van der Waals surface area contributed by atoms with Gasteiger partial charge in [0.15, 0.2) is 0 Å². The van der Waals surface area contributed by atoms with Crippen molar-refractivity contribution in [1.29, 1.82) is 0 Å². The minimum absolute atomic E-state index is 0.748. The number of nitrogens with two attached hydrogens (primary N) is 1. The van der Waals surface area contributed by atoms with Gasteiger partial charge in [0.25, 0.3) is 0 Å². The number of amides is 3. The normalized spacial score (nSPS) is 16.9. The molecule has 0 saturated heterocycles. The molecule has 5 unspecified atom stereocenters. The van der Waals surface area contributed by atoms with Gasteiger partial charge < -0.3 is 37.0 Å². The molecule has 0 spiro atoms. The highest BCUT2D eigenvalue weighted by Gasteiger charge is 2.28. The first kappa shape index (κ1) is 21.8. The third kappa shape index (κ3) is 6.89. The highest BCUT2D eigenvalue weighted by atomic mass is 16.4. The monoisotopic (exact) mass is 348 g/mol. The van der Waals surface area contributed by atoms with Crippen molar-refractivity contribution in [2.45, 2.75) is 51.0 Å². The summed E-state index contributed by atoms with van der Waals surface area (Å²) in [6.07, 6.45) is -1.16. The van der Waals surface area contributed by atoms with E-state index in [0.29, 0.717) is 0 Å². The first-order valence-electron chi connectivity index (χ1n) is 7.19. The SMILES string of the molecule is CC(NC(=O)C(C)NC(=O)C(CO)NC(=O)C(N)C(C)O)C(=O)O. The van der Waals surface area contributed by atoms with Crippen molar-refractivity contribution in [3.05, 3.63) is 0 Å². The molecule has 0 rings (SSSR count). The van der Waals surface area contributed by atoms with E-state index in [2.05, 4.69) is 16.0 Å². The summed E-state index contributed by atoms with van der Waals surface area (Å²) >= 11 is 0. The summed E-state index contributed by atoms with van der Waals surface area (Å²) in [6.45, 7) is 3.08. The van der Waals surface area contributed by atoms with Gasteiger partial charge in [-0.1, -0.05) is 0 Å². The molecule has 8 N–H and O–H groups in total. The number of rotatable bonds is 9. The lowest BCUT2D eigenvalue weighted by molar-refractivity contribution is -0.141. The average molecular weight is 348 g/mol. The van der Waals surface area contributed by atoms with E-state index in [9.17, 15) is 29.4 Å². The van der Waals surface area contributed by atoms with E-state index >= 15 is 0 Å². The van der Waals surface area contributed by atoms with Gasteiger partial charge in [-0.25, -0.2) is 0 Å². The van der Waals surface area contributed by atoms with Crippen LogP contribution in [0.3, 0.4) is 0 Å². The Bertz CT molecular complexity index is 483. The zero-order chi connectivity index (χ0) is 19.0. The molecule has 0 aromatic rings. The van der Waals surface area contributed by atoms with Gasteiger partial charge in [0, 0.05) is 0 Å². The molecular formula is C13H24N4O7. The number of carboxylic acid groups (broad SMARTS) is 1. The number of aliphatic carboxylic acids is 1. The van der Waals surface area contributed by atoms with Crippen LogP contribution in [0.25, 0.3) is 0 Å². The van der Waals surface area contributed by atoms with Crippen molar-refractivity contribution in [3.8, 4) is 0 Å². The van der Waals surface area contributed by atoms with Crippen molar-refractivity contribution in [3.63, 3.8) is 0 Å². The average Bonchev–Trinajstić information content (AvgIpc) is 2.50. The Morgan fingerprint density at radius 1 is 0.917 bits per heavy atom. The Labute approximate surface area is 138 Å². The second-order valence-electron chi connectivity index (χ2n) is 5.31. The number of hydrogen-bond donors (Lipinski definition) is 7. The molecule has 0 saturated carbocycles. The van der Waals surface area contributed by atoms with Gasteiger partial charge in [0.1, 0.15) is 24.2 Å². The zero-order valence-corrected chi connectivity index (χ0v) is 13.6. The summed E-state index contributed by atoms with van der Waals surface area (Å²) in [7, 11) is 0. The molecule has 11 heteroatoms. The maximum absolute atomic E-state index is 12.0. The second kappa shape index (κ2) is 9.80. The second-order valence-corrected chi connectivity index (χ2v) is 5.31. The van der Waals surface area contributed by atoms with Crippen LogP contribution in [0.2, 0.25) is 0 Å². The number of nitrogens with one attached hydrogen (secondary N) is 3. The van der Waals surface area contributed by atoms with E-state index in [1.165, 1.54) is 20.8 Å². The van der Waals surface area contributed by atoms with Gasteiger partial charge in [-0.2, -0.15) is 0 Å². The Morgan fingerprint density at radius 3 is 1.83 bits per heavy atom. The lowest BCUT2D eigenvalue weighted by atomic mass is 10.1. The Morgan fingerprint density at radius 2 is 1.42 bits per heavy atom. The Kier molecular flexibility index (Phi) is 8.89. The fourth-order valence-electron chi connectivity index (χ4n) is 1.46. The Balaban J connectivity index is 4.67. The summed E-state index contributed by atoms with van der Waals surface area (Å²) < 4.78 is 0. The third-order valence-corrected chi connectivity index (χ3v) is 3.12. The third-order valence-electron chi connectivity index (χ3n) is 3.12. The van der Waals surface area contributed by atoms with E-state index in [1.54, 1.807) is 0 Å². The van der Waals surface area contributed by atoms with E-state index in [4.69, 9.17) is 10.8 Å². The van der Waals surface area contributed by atoms with Crippen LogP contribution in [0.1, 0.15) is 20.8 Å². The van der Waals surface area contributed by atoms with Crippen LogP contribution in [0.4, 0.5) is 0 Å². The fourth-order valence-corrected chi connectivity index (χ4v) is 1.46. The number of aliphatic hydroxyl groups is 2. The van der Waals surface area contributed by atoms with Gasteiger partial charge in [-0.05, 0) is 20.8 Å². The molecule has 0 aliphatic rings. The molecular weight excluding hydrogens is 324 g/mol. The quantitative estimate of drug-likeness (QED) is 0.221. The van der Waals surface area contributed by atoms with E-state index in [1.807, 2.05) is 0 Å². The van der Waals surface area contributed by atoms with Crippen molar-refractivity contribution >= 4 is 23.7 Å². The molecule has 0 fully saturated rings. The fraction of sp³-hybridized carbons (Fsp3) is 0.692. The van der Waals surface area contributed by atoms with Crippen molar-refractivity contribution in [1.82, 2.24) is 16.0 Å². The van der Waals surface area contributed by atoms with Gasteiger partial charge in [0.05, 0.1) is 12.7 Å². The highest BCUT2D eigenvalue weighted by Crippen LogP contribution is 1.94. The summed E-state index contributed by atoms with van der Waals surface area (Å²) in [5, 5.41) is 33.6. The summed E-state index contributed by atoms with van der Waals surface area (Å²) in [5.41, 5.74) is 5.40. The Hall–Kier alpha value is -2.24. The van der Waals surface area contributed by atoms with Crippen LogP contribution in [-0.2, 0) is 19.2 Å². The summed E-state index contributed by atoms with van der Waals surface area (Å²) in [6, 6.07) is -4.91. The maximum atomic E-state index is 12.0. The minimum atomic E-state index is -1.38. The number of hydrogen-bond acceptors (Lipinski definition) is 7. The molecule has 11 nitrogen and oxygen atoms in total. The van der Waals surface area contributed by atoms with Crippen molar-refractivity contribution in [2.75, 3.05) is 6.61 Å². The number of carbonyl (C=O) groups excluding carboxylic acids is 3. The van der Waals surface area contributed by atoms with E-state index in [-0.39, 0.29) is 0 Å². The number of carbonyl (C=O) groups is 4. The first-order chi connectivity index (χ1) is 11.0. The van der Waals surface area contributed by atoms with E-state index in [0.717, 1.165) is 0 Å². The molecule has 5 atom stereocenters. The van der Waals surface area contributed by atoms with Crippen molar-refractivity contribution < 1.29 is 34.5 Å². The van der Waals surface area contributed by atoms with Crippen LogP contribution in [0.5, 0.6) is 0 Å². The maximum Gasteiger partial charge on any atom is 0.325 e. The molecule has 0 radical (unpaired) electrons. The summed E-state index contributed by atoms with van der Waals surface area (Å²) in [5.74, 6) is -3.71. The molecule has 0 aliphatic heterocycles. The smallest absolute Gasteiger partial charge is 0.325 e. The van der Waals surface area contributed by atoms with Gasteiger partial charge >= 0.3 is 5.97 Å². The molecule has 24 heavy (non-hydrogen) atoms.